The minimum atomic E-state index is -3.79. The topological polar surface area (TPSA) is 145 Å². The zero-order chi connectivity index (χ0) is 29.5. The number of imide groups is 1. The first-order chi connectivity index (χ1) is 19.0. The molecule has 1 aromatic rings. The fourth-order valence-electron chi connectivity index (χ4n) is 5.31. The van der Waals surface area contributed by atoms with Crippen molar-refractivity contribution in [2.24, 2.45) is 11.8 Å². The normalized spacial score (nSPS) is 17.8. The van der Waals surface area contributed by atoms with Crippen LogP contribution < -0.4 is 15.4 Å². The van der Waals surface area contributed by atoms with Crippen molar-refractivity contribution in [1.29, 1.82) is 0 Å². The predicted molar refractivity (Wildman–Crippen MR) is 158 cm³/mol. The third kappa shape index (κ3) is 13.2. The lowest BCUT2D eigenvalue weighted by atomic mass is 9.82. The molecule has 9 nitrogen and oxygen atoms in total. The molecule has 0 aliphatic heterocycles. The van der Waals surface area contributed by atoms with Crippen LogP contribution in [0.15, 0.2) is 30.3 Å². The number of nitrogens with one attached hydrogen (secondary N) is 3. The Bertz CT molecular complexity index is 982. The highest BCUT2D eigenvalue weighted by molar-refractivity contribution is 7.89. The van der Waals surface area contributed by atoms with Crippen LogP contribution in [0.25, 0.3) is 0 Å². The Kier molecular flexibility index (Phi) is 15.3. The van der Waals surface area contributed by atoms with Gasteiger partial charge in [0.2, 0.25) is 21.8 Å². The number of carbonyl (C=O) groups excluding carboxylic acids is 2. The van der Waals surface area contributed by atoms with Crippen LogP contribution in [0.1, 0.15) is 90.5 Å². The van der Waals surface area contributed by atoms with Crippen LogP contribution >= 0.6 is 0 Å². The van der Waals surface area contributed by atoms with Crippen LogP contribution in [0.4, 0.5) is 0 Å². The number of hydrogen-bond acceptors (Lipinski definition) is 7. The molecular formula is C30H51N3O6S. The number of amides is 2. The number of aryl methyl sites for hydroxylation is 1. The number of carbonyl (C=O) groups is 2. The molecular weight excluding hydrogens is 530 g/mol. The van der Waals surface area contributed by atoms with Crippen molar-refractivity contribution in [2.75, 3.05) is 12.3 Å². The molecule has 1 aliphatic carbocycles. The Hall–Kier alpha value is -1.85. The molecule has 1 fully saturated rings. The van der Waals surface area contributed by atoms with E-state index in [-0.39, 0.29) is 24.8 Å². The Balaban J connectivity index is 2.11. The Morgan fingerprint density at radius 2 is 1.73 bits per heavy atom. The van der Waals surface area contributed by atoms with Crippen LogP contribution in [0.3, 0.4) is 0 Å². The lowest BCUT2D eigenvalue weighted by molar-refractivity contribution is -0.132. The molecule has 0 aromatic heterocycles. The molecule has 40 heavy (non-hydrogen) atoms. The molecule has 0 bridgehead atoms. The quantitative estimate of drug-likeness (QED) is 0.168. The standard InChI is InChI=1S/C30H51N3O6S/c1-4-5-18-31-40(38,39)21-27(34)29(36)25(20-24-14-10-7-11-15-24)32-26(19-22(2)3)30(37)33-28(35)17-16-23-12-8-6-9-13-23/h6,8-9,12-13,22,24-27,29,31-32,34,36H,4-5,7,10-11,14-21H2,1-3H3,(H,33,35,37)/t25-,26+,27-,29?/m1/s1. The molecule has 2 amide bonds. The Morgan fingerprint density at radius 3 is 2.35 bits per heavy atom. The van der Waals surface area contributed by atoms with E-state index in [1.165, 1.54) is 0 Å². The van der Waals surface area contributed by atoms with E-state index in [1.807, 2.05) is 51.1 Å². The van der Waals surface area contributed by atoms with Gasteiger partial charge in [-0.1, -0.05) is 89.6 Å². The highest BCUT2D eigenvalue weighted by atomic mass is 32.2. The SMILES string of the molecule is CCCCNS(=O)(=O)C[C@@H](O)C(O)[C@@H](CC1CCCCC1)N[C@@H](CC(C)C)C(=O)NC(=O)CCc1ccccc1. The molecule has 0 spiro atoms. The first-order valence-electron chi connectivity index (χ1n) is 15.0. The maximum Gasteiger partial charge on any atom is 0.243 e. The van der Waals surface area contributed by atoms with Gasteiger partial charge in [-0.05, 0) is 43.1 Å². The number of benzene rings is 1. The minimum absolute atomic E-state index is 0.114. The first kappa shape index (κ1) is 34.4. The van der Waals surface area contributed by atoms with Crippen molar-refractivity contribution in [1.82, 2.24) is 15.4 Å². The first-order valence-corrected chi connectivity index (χ1v) is 16.6. The molecule has 1 saturated carbocycles. The summed E-state index contributed by atoms with van der Waals surface area (Å²) in [5.74, 6) is -1.07. The zero-order valence-electron chi connectivity index (χ0n) is 24.5. The van der Waals surface area contributed by atoms with Gasteiger partial charge in [-0.2, -0.15) is 0 Å². The van der Waals surface area contributed by atoms with E-state index in [1.54, 1.807) is 0 Å². The Morgan fingerprint density at radius 1 is 1.05 bits per heavy atom. The monoisotopic (exact) mass is 581 g/mol. The second-order valence-electron chi connectivity index (χ2n) is 11.7. The fraction of sp³-hybridized carbons (Fsp3) is 0.733. The molecule has 0 heterocycles. The van der Waals surface area contributed by atoms with Gasteiger partial charge in [0, 0.05) is 19.0 Å². The number of rotatable bonds is 18. The summed E-state index contributed by atoms with van der Waals surface area (Å²) in [5, 5.41) is 27.7. The van der Waals surface area contributed by atoms with E-state index < -0.39 is 46.0 Å². The van der Waals surface area contributed by atoms with Gasteiger partial charge in [-0.15, -0.1) is 0 Å². The van der Waals surface area contributed by atoms with Gasteiger partial charge in [0.25, 0.3) is 0 Å². The molecule has 1 aliphatic rings. The average Bonchev–Trinajstić information content (AvgIpc) is 2.91. The van der Waals surface area contributed by atoms with Gasteiger partial charge in [-0.3, -0.25) is 14.9 Å². The van der Waals surface area contributed by atoms with Gasteiger partial charge < -0.3 is 15.5 Å². The zero-order valence-corrected chi connectivity index (χ0v) is 25.3. The van der Waals surface area contributed by atoms with Crippen LogP contribution in [0.2, 0.25) is 0 Å². The molecule has 2 rings (SSSR count). The number of aliphatic hydroxyl groups excluding tert-OH is 2. The number of aliphatic hydroxyl groups is 2. The molecule has 5 N–H and O–H groups in total. The van der Waals surface area contributed by atoms with E-state index in [0.29, 0.717) is 31.6 Å². The summed E-state index contributed by atoms with van der Waals surface area (Å²) in [6.45, 7) is 6.17. The highest BCUT2D eigenvalue weighted by Crippen LogP contribution is 2.29. The molecule has 0 radical (unpaired) electrons. The van der Waals surface area contributed by atoms with Gasteiger partial charge in [0.1, 0.15) is 0 Å². The summed E-state index contributed by atoms with van der Waals surface area (Å²) >= 11 is 0. The largest absolute Gasteiger partial charge is 0.389 e. The number of unbranched alkanes of at least 4 members (excludes halogenated alkanes) is 1. The van der Waals surface area contributed by atoms with Crippen molar-refractivity contribution in [3.63, 3.8) is 0 Å². The minimum Gasteiger partial charge on any atom is -0.389 e. The van der Waals surface area contributed by atoms with Crippen molar-refractivity contribution in [3.05, 3.63) is 35.9 Å². The van der Waals surface area contributed by atoms with Crippen molar-refractivity contribution in [2.45, 2.75) is 116 Å². The van der Waals surface area contributed by atoms with Gasteiger partial charge >= 0.3 is 0 Å². The maximum absolute atomic E-state index is 13.3. The van der Waals surface area contributed by atoms with E-state index >= 15 is 0 Å². The summed E-state index contributed by atoms with van der Waals surface area (Å²) in [4.78, 5) is 25.9. The summed E-state index contributed by atoms with van der Waals surface area (Å²) in [5.41, 5.74) is 1.01. The second-order valence-corrected chi connectivity index (χ2v) is 13.5. The second kappa shape index (κ2) is 17.9. The summed E-state index contributed by atoms with van der Waals surface area (Å²) in [7, 11) is -3.79. The van der Waals surface area contributed by atoms with Crippen molar-refractivity contribution in [3.8, 4) is 0 Å². The van der Waals surface area contributed by atoms with E-state index in [4.69, 9.17) is 0 Å². The number of hydrogen-bond donors (Lipinski definition) is 5. The lowest BCUT2D eigenvalue weighted by Gasteiger charge is -2.35. The van der Waals surface area contributed by atoms with Crippen molar-refractivity contribution < 1.29 is 28.2 Å². The van der Waals surface area contributed by atoms with Crippen LogP contribution in [0.5, 0.6) is 0 Å². The molecule has 1 aromatic carbocycles. The lowest BCUT2D eigenvalue weighted by Crippen LogP contribution is -2.57. The summed E-state index contributed by atoms with van der Waals surface area (Å²) in [6.07, 6.45) is 5.46. The summed E-state index contributed by atoms with van der Waals surface area (Å²) in [6, 6.07) is 8.08. The van der Waals surface area contributed by atoms with Crippen LogP contribution in [-0.2, 0) is 26.0 Å². The molecule has 0 saturated heterocycles. The smallest absolute Gasteiger partial charge is 0.243 e. The molecule has 1 unspecified atom stereocenters. The van der Waals surface area contributed by atoms with E-state index in [0.717, 1.165) is 44.1 Å². The Labute approximate surface area is 241 Å². The van der Waals surface area contributed by atoms with E-state index in [2.05, 4.69) is 15.4 Å². The molecule has 4 atom stereocenters. The van der Waals surface area contributed by atoms with Gasteiger partial charge in [-0.25, -0.2) is 13.1 Å². The average molecular weight is 582 g/mol. The third-order valence-electron chi connectivity index (χ3n) is 7.55. The maximum atomic E-state index is 13.3. The highest BCUT2D eigenvalue weighted by Gasteiger charge is 2.35. The fourth-order valence-corrected chi connectivity index (χ4v) is 6.53. The molecule has 10 heteroatoms. The van der Waals surface area contributed by atoms with Crippen LogP contribution in [0, 0.1) is 11.8 Å². The van der Waals surface area contributed by atoms with Crippen molar-refractivity contribution >= 4 is 21.8 Å². The predicted octanol–water partition coefficient (Wildman–Crippen LogP) is 3.05. The van der Waals surface area contributed by atoms with Gasteiger partial charge in [0.05, 0.1) is 24.0 Å². The number of sulfonamides is 1. The van der Waals surface area contributed by atoms with Gasteiger partial charge in [0.15, 0.2) is 0 Å². The summed E-state index contributed by atoms with van der Waals surface area (Å²) < 4.78 is 27.5. The molecule has 228 valence electrons. The van der Waals surface area contributed by atoms with Crippen LogP contribution in [-0.4, -0.2) is 67.0 Å². The van der Waals surface area contributed by atoms with E-state index in [9.17, 15) is 28.2 Å². The third-order valence-corrected chi connectivity index (χ3v) is 8.97.